The minimum Gasteiger partial charge on any atom is -0.378 e. The van der Waals surface area contributed by atoms with E-state index < -0.39 is 0 Å². The van der Waals surface area contributed by atoms with Crippen LogP contribution in [-0.2, 0) is 4.74 Å². The van der Waals surface area contributed by atoms with Crippen molar-refractivity contribution in [2.75, 3.05) is 12.4 Å². The molecule has 0 fully saturated rings. The van der Waals surface area contributed by atoms with E-state index in [1.54, 1.807) is 16.4 Å². The molecule has 0 spiro atoms. The van der Waals surface area contributed by atoms with Crippen LogP contribution < -0.4 is 0 Å². The van der Waals surface area contributed by atoms with Crippen molar-refractivity contribution in [3.05, 3.63) is 30.3 Å². The van der Waals surface area contributed by atoms with Gasteiger partial charge in [-0.15, -0.1) is 5.10 Å². The van der Waals surface area contributed by atoms with Crippen LogP contribution in [-0.4, -0.2) is 38.7 Å². The summed E-state index contributed by atoms with van der Waals surface area (Å²) >= 11 is 1.59. The Bertz CT molecular complexity index is 472. The lowest BCUT2D eigenvalue weighted by molar-refractivity contribution is 0.0920. The monoisotopic (exact) mass is 264 g/mol. The number of ether oxygens (including phenoxy) is 1. The molecule has 2 rings (SSSR count). The van der Waals surface area contributed by atoms with Gasteiger partial charge in [-0.25, -0.2) is 0 Å². The molecule has 1 heterocycles. The van der Waals surface area contributed by atoms with Crippen molar-refractivity contribution < 1.29 is 4.74 Å². The lowest BCUT2D eigenvalue weighted by Gasteiger charge is -2.07. The zero-order valence-electron chi connectivity index (χ0n) is 10.5. The van der Waals surface area contributed by atoms with E-state index in [9.17, 15) is 0 Å². The SMILES string of the molecule is CC(C)OCCSc1nnnn1-c1ccccc1. The van der Waals surface area contributed by atoms with Crippen LogP contribution in [0.15, 0.2) is 35.5 Å². The van der Waals surface area contributed by atoms with Crippen molar-refractivity contribution in [3.8, 4) is 5.69 Å². The molecule has 96 valence electrons. The van der Waals surface area contributed by atoms with E-state index in [2.05, 4.69) is 15.5 Å². The first-order valence-corrected chi connectivity index (χ1v) is 6.84. The van der Waals surface area contributed by atoms with Gasteiger partial charge in [0.2, 0.25) is 5.16 Å². The third-order valence-electron chi connectivity index (χ3n) is 2.21. The van der Waals surface area contributed by atoms with E-state index in [-0.39, 0.29) is 6.10 Å². The van der Waals surface area contributed by atoms with Crippen molar-refractivity contribution in [2.24, 2.45) is 0 Å². The number of hydrogen-bond donors (Lipinski definition) is 0. The average Bonchev–Trinajstić information content (AvgIpc) is 2.84. The fourth-order valence-electron chi connectivity index (χ4n) is 1.42. The molecule has 0 bridgehead atoms. The molecule has 0 saturated carbocycles. The zero-order valence-corrected chi connectivity index (χ0v) is 11.3. The lowest BCUT2D eigenvalue weighted by Crippen LogP contribution is -2.06. The first-order chi connectivity index (χ1) is 8.77. The van der Waals surface area contributed by atoms with Crippen molar-refractivity contribution in [2.45, 2.75) is 25.1 Å². The van der Waals surface area contributed by atoms with Gasteiger partial charge in [0.05, 0.1) is 18.4 Å². The summed E-state index contributed by atoms with van der Waals surface area (Å²) in [5.41, 5.74) is 0.967. The Hall–Kier alpha value is -1.40. The predicted molar refractivity (Wildman–Crippen MR) is 71.0 cm³/mol. The Labute approximate surface area is 111 Å². The minimum absolute atomic E-state index is 0.260. The number of aromatic nitrogens is 4. The molecule has 0 atom stereocenters. The van der Waals surface area contributed by atoms with Crippen LogP contribution in [0.4, 0.5) is 0 Å². The second-order valence-corrected chi connectivity index (χ2v) is 5.04. The third-order valence-corrected chi connectivity index (χ3v) is 3.09. The molecule has 18 heavy (non-hydrogen) atoms. The molecule has 2 aromatic rings. The normalized spacial score (nSPS) is 11.1. The predicted octanol–water partition coefficient (Wildman–Crippen LogP) is 2.18. The number of benzene rings is 1. The fourth-order valence-corrected chi connectivity index (χ4v) is 2.14. The van der Waals surface area contributed by atoms with Gasteiger partial charge >= 0.3 is 0 Å². The third kappa shape index (κ3) is 3.54. The van der Waals surface area contributed by atoms with Crippen LogP contribution in [0, 0.1) is 0 Å². The first kappa shape index (κ1) is 13.0. The standard InChI is InChI=1S/C12H16N4OS/c1-10(2)17-8-9-18-12-13-14-15-16(12)11-6-4-3-5-7-11/h3-7,10H,8-9H2,1-2H3. The molecule has 5 nitrogen and oxygen atoms in total. The van der Waals surface area contributed by atoms with Crippen molar-refractivity contribution in [1.29, 1.82) is 0 Å². The smallest absolute Gasteiger partial charge is 0.214 e. The van der Waals surface area contributed by atoms with E-state index in [1.807, 2.05) is 44.2 Å². The molecular formula is C12H16N4OS. The van der Waals surface area contributed by atoms with Gasteiger partial charge in [0.1, 0.15) is 0 Å². The summed E-state index contributed by atoms with van der Waals surface area (Å²) in [5.74, 6) is 0.839. The number of tetrazole rings is 1. The van der Waals surface area contributed by atoms with Gasteiger partial charge in [-0.05, 0) is 36.4 Å². The summed E-state index contributed by atoms with van der Waals surface area (Å²) in [7, 11) is 0. The molecule has 0 N–H and O–H groups in total. The van der Waals surface area contributed by atoms with Gasteiger partial charge in [-0.2, -0.15) is 4.68 Å². The van der Waals surface area contributed by atoms with Gasteiger partial charge in [0.25, 0.3) is 0 Å². The molecule has 6 heteroatoms. The Balaban J connectivity index is 1.96. The van der Waals surface area contributed by atoms with E-state index in [4.69, 9.17) is 4.74 Å². The molecule has 0 aliphatic rings. The Morgan fingerprint density at radius 1 is 1.28 bits per heavy atom. The minimum atomic E-state index is 0.260. The van der Waals surface area contributed by atoms with Gasteiger partial charge in [0.15, 0.2) is 0 Å². The molecule has 0 aliphatic heterocycles. The number of thioether (sulfide) groups is 1. The van der Waals surface area contributed by atoms with Crippen molar-refractivity contribution in [3.63, 3.8) is 0 Å². The van der Waals surface area contributed by atoms with Crippen molar-refractivity contribution >= 4 is 11.8 Å². The number of nitrogens with zero attached hydrogens (tertiary/aromatic N) is 4. The lowest BCUT2D eigenvalue weighted by atomic mass is 10.3. The highest BCUT2D eigenvalue weighted by Crippen LogP contribution is 2.17. The van der Waals surface area contributed by atoms with Crippen LogP contribution in [0.3, 0.4) is 0 Å². The van der Waals surface area contributed by atoms with E-state index >= 15 is 0 Å². The molecule has 0 aliphatic carbocycles. The number of hydrogen-bond acceptors (Lipinski definition) is 5. The van der Waals surface area contributed by atoms with Crippen LogP contribution in [0.1, 0.15) is 13.8 Å². The van der Waals surface area contributed by atoms with Crippen LogP contribution in [0.5, 0.6) is 0 Å². The summed E-state index contributed by atoms with van der Waals surface area (Å²) < 4.78 is 7.22. The molecule has 0 saturated heterocycles. The number of rotatable bonds is 6. The maximum atomic E-state index is 5.49. The van der Waals surface area contributed by atoms with E-state index in [0.29, 0.717) is 6.61 Å². The van der Waals surface area contributed by atoms with Crippen LogP contribution in [0.2, 0.25) is 0 Å². The highest BCUT2D eigenvalue weighted by Gasteiger charge is 2.08. The maximum absolute atomic E-state index is 5.49. The topological polar surface area (TPSA) is 52.8 Å². The Morgan fingerprint density at radius 2 is 2.06 bits per heavy atom. The van der Waals surface area contributed by atoms with Crippen LogP contribution >= 0.6 is 11.8 Å². The summed E-state index contributed by atoms with van der Waals surface area (Å²) in [6, 6.07) is 9.86. The Morgan fingerprint density at radius 3 is 2.78 bits per heavy atom. The maximum Gasteiger partial charge on any atom is 0.214 e. The van der Waals surface area contributed by atoms with Crippen molar-refractivity contribution in [1.82, 2.24) is 20.2 Å². The molecular weight excluding hydrogens is 248 g/mol. The zero-order chi connectivity index (χ0) is 12.8. The molecule has 0 amide bonds. The molecule has 1 aromatic carbocycles. The summed E-state index contributed by atoms with van der Waals surface area (Å²) in [5, 5.41) is 12.5. The van der Waals surface area contributed by atoms with E-state index in [0.717, 1.165) is 16.6 Å². The highest BCUT2D eigenvalue weighted by atomic mass is 32.2. The Kier molecular flexibility index (Phi) is 4.72. The van der Waals surface area contributed by atoms with E-state index in [1.165, 1.54) is 0 Å². The second-order valence-electron chi connectivity index (χ2n) is 3.98. The summed E-state index contributed by atoms with van der Waals surface area (Å²) in [6.45, 7) is 4.75. The average molecular weight is 264 g/mol. The first-order valence-electron chi connectivity index (χ1n) is 5.85. The molecule has 0 unspecified atom stereocenters. The number of para-hydroxylation sites is 1. The van der Waals surface area contributed by atoms with Gasteiger partial charge in [-0.1, -0.05) is 30.0 Å². The second kappa shape index (κ2) is 6.51. The highest BCUT2D eigenvalue weighted by molar-refractivity contribution is 7.99. The van der Waals surface area contributed by atoms with Gasteiger partial charge in [0, 0.05) is 5.75 Å². The fraction of sp³-hybridized carbons (Fsp3) is 0.417. The largest absolute Gasteiger partial charge is 0.378 e. The van der Waals surface area contributed by atoms with Gasteiger partial charge < -0.3 is 4.74 Å². The quantitative estimate of drug-likeness (QED) is 0.591. The molecule has 1 aromatic heterocycles. The summed E-state index contributed by atoms with van der Waals surface area (Å²) in [6.07, 6.45) is 0.260. The summed E-state index contributed by atoms with van der Waals surface area (Å²) in [4.78, 5) is 0. The van der Waals surface area contributed by atoms with Crippen LogP contribution in [0.25, 0.3) is 5.69 Å². The van der Waals surface area contributed by atoms with Gasteiger partial charge in [-0.3, -0.25) is 0 Å². The molecule has 0 radical (unpaired) electrons.